The molecule has 0 radical (unpaired) electrons. The maximum absolute atomic E-state index is 13.2. The molecule has 8 heteroatoms. The Morgan fingerprint density at radius 2 is 1.62 bits per heavy atom. The van der Waals surface area contributed by atoms with Crippen LogP contribution in [-0.4, -0.2) is 63.9 Å². The fraction of sp³-hybridized carbons (Fsp3) is 0.292. The van der Waals surface area contributed by atoms with E-state index >= 15 is 0 Å². The van der Waals surface area contributed by atoms with E-state index in [0.717, 1.165) is 16.3 Å². The molecule has 0 saturated carbocycles. The lowest BCUT2D eigenvalue weighted by atomic mass is 10.0. The van der Waals surface area contributed by atoms with Crippen LogP contribution in [0.1, 0.15) is 5.56 Å². The van der Waals surface area contributed by atoms with E-state index < -0.39 is 10.0 Å². The molecule has 3 aromatic rings. The van der Waals surface area contributed by atoms with E-state index in [9.17, 15) is 13.2 Å². The van der Waals surface area contributed by atoms with Gasteiger partial charge in [0.05, 0.1) is 20.6 Å². The summed E-state index contributed by atoms with van der Waals surface area (Å²) >= 11 is 0. The molecule has 1 saturated heterocycles. The highest BCUT2D eigenvalue weighted by molar-refractivity contribution is 7.89. The molecule has 0 spiro atoms. The van der Waals surface area contributed by atoms with Gasteiger partial charge in [-0.15, -0.1) is 0 Å². The minimum Gasteiger partial charge on any atom is -0.497 e. The van der Waals surface area contributed by atoms with E-state index in [4.69, 9.17) is 9.47 Å². The van der Waals surface area contributed by atoms with Crippen molar-refractivity contribution < 1.29 is 22.7 Å². The maximum atomic E-state index is 13.2. The normalized spacial score (nSPS) is 15.0. The van der Waals surface area contributed by atoms with E-state index in [1.165, 1.54) is 24.6 Å². The zero-order chi connectivity index (χ0) is 22.7. The summed E-state index contributed by atoms with van der Waals surface area (Å²) in [6.07, 6.45) is 0.289. The highest BCUT2D eigenvalue weighted by atomic mass is 32.2. The van der Waals surface area contributed by atoms with Crippen LogP contribution in [0.15, 0.2) is 65.6 Å². The van der Waals surface area contributed by atoms with Gasteiger partial charge in [-0.3, -0.25) is 4.79 Å². The van der Waals surface area contributed by atoms with Crippen LogP contribution in [0.25, 0.3) is 10.8 Å². The van der Waals surface area contributed by atoms with Gasteiger partial charge in [-0.25, -0.2) is 8.42 Å². The molecular weight excluding hydrogens is 428 g/mol. The molecule has 0 aromatic heterocycles. The summed E-state index contributed by atoms with van der Waals surface area (Å²) < 4.78 is 38.3. The van der Waals surface area contributed by atoms with Gasteiger partial charge in [-0.1, -0.05) is 42.5 Å². The van der Waals surface area contributed by atoms with Crippen LogP contribution in [0.3, 0.4) is 0 Å². The van der Waals surface area contributed by atoms with Crippen LogP contribution < -0.4 is 9.47 Å². The molecule has 1 heterocycles. The molecule has 1 aliphatic rings. The lowest BCUT2D eigenvalue weighted by molar-refractivity contribution is -0.131. The van der Waals surface area contributed by atoms with E-state index in [1.54, 1.807) is 17.0 Å². The molecule has 1 amide bonds. The Hall–Kier alpha value is -3.10. The second-order valence-electron chi connectivity index (χ2n) is 7.62. The zero-order valence-electron chi connectivity index (χ0n) is 18.2. The van der Waals surface area contributed by atoms with E-state index in [0.29, 0.717) is 18.8 Å². The quantitative estimate of drug-likeness (QED) is 0.573. The van der Waals surface area contributed by atoms with Gasteiger partial charge in [0.25, 0.3) is 0 Å². The van der Waals surface area contributed by atoms with Crippen molar-refractivity contribution in [2.45, 2.75) is 11.3 Å². The third kappa shape index (κ3) is 4.28. The Bertz CT molecular complexity index is 1230. The summed E-state index contributed by atoms with van der Waals surface area (Å²) in [4.78, 5) is 14.7. The second kappa shape index (κ2) is 9.18. The zero-order valence-corrected chi connectivity index (χ0v) is 19.0. The number of benzene rings is 3. The Labute approximate surface area is 188 Å². The van der Waals surface area contributed by atoms with Gasteiger partial charge in [0.2, 0.25) is 15.9 Å². The van der Waals surface area contributed by atoms with Crippen LogP contribution in [0.4, 0.5) is 0 Å². The maximum Gasteiger partial charge on any atom is 0.247 e. The average molecular weight is 455 g/mol. The van der Waals surface area contributed by atoms with E-state index in [2.05, 4.69) is 0 Å². The molecule has 1 fully saturated rings. The highest BCUT2D eigenvalue weighted by Gasteiger charge is 2.32. The molecule has 0 bridgehead atoms. The van der Waals surface area contributed by atoms with Crippen molar-refractivity contribution in [3.05, 3.63) is 66.2 Å². The topological polar surface area (TPSA) is 76.2 Å². The van der Waals surface area contributed by atoms with Crippen molar-refractivity contribution >= 4 is 26.7 Å². The van der Waals surface area contributed by atoms with E-state index in [-0.39, 0.29) is 36.1 Å². The molecule has 0 N–H and O–H groups in total. The number of amides is 1. The molecular formula is C24H26N2O5S. The Balaban J connectivity index is 1.46. The standard InChI is InChI=1S/C24H26N2O5S/c1-30-20-10-11-22(31-2)23(17-20)32(28,29)26-14-12-25(13-15-26)24(27)16-19-8-5-7-18-6-3-4-9-21(18)19/h3-11,17H,12-16H2,1-2H3. The number of hydrogen-bond acceptors (Lipinski definition) is 5. The summed E-state index contributed by atoms with van der Waals surface area (Å²) in [6, 6.07) is 18.6. The molecule has 32 heavy (non-hydrogen) atoms. The molecule has 4 rings (SSSR count). The SMILES string of the molecule is COc1ccc(OC)c(S(=O)(=O)N2CCN(C(=O)Cc3cccc4ccccc34)CC2)c1. The molecule has 1 aliphatic heterocycles. The average Bonchev–Trinajstić information content (AvgIpc) is 2.84. The van der Waals surface area contributed by atoms with E-state index in [1.807, 2.05) is 42.5 Å². The lowest BCUT2D eigenvalue weighted by Gasteiger charge is -2.34. The first-order chi connectivity index (χ1) is 15.4. The Kier molecular flexibility index (Phi) is 6.34. The van der Waals surface area contributed by atoms with Gasteiger partial charge < -0.3 is 14.4 Å². The van der Waals surface area contributed by atoms with Crippen molar-refractivity contribution in [1.29, 1.82) is 0 Å². The molecule has 0 atom stereocenters. The van der Waals surface area contributed by atoms with Crippen molar-refractivity contribution in [3.63, 3.8) is 0 Å². The fourth-order valence-corrected chi connectivity index (χ4v) is 5.62. The molecule has 3 aromatic carbocycles. The number of ether oxygens (including phenoxy) is 2. The fourth-order valence-electron chi connectivity index (χ4n) is 4.02. The van der Waals surface area contributed by atoms with Gasteiger partial charge in [0.1, 0.15) is 16.4 Å². The minimum atomic E-state index is -3.78. The highest BCUT2D eigenvalue weighted by Crippen LogP contribution is 2.31. The van der Waals surface area contributed by atoms with Crippen LogP contribution in [0, 0.1) is 0 Å². The molecule has 0 aliphatic carbocycles. The predicted octanol–water partition coefficient (Wildman–Crippen LogP) is 2.93. The van der Waals surface area contributed by atoms with Gasteiger partial charge in [0.15, 0.2) is 0 Å². The molecule has 7 nitrogen and oxygen atoms in total. The van der Waals surface area contributed by atoms with Crippen molar-refractivity contribution in [3.8, 4) is 11.5 Å². The van der Waals surface area contributed by atoms with Crippen molar-refractivity contribution in [2.75, 3.05) is 40.4 Å². The van der Waals surface area contributed by atoms with Crippen LogP contribution in [0.5, 0.6) is 11.5 Å². The number of carbonyl (C=O) groups excluding carboxylic acids is 1. The number of nitrogens with zero attached hydrogens (tertiary/aromatic N) is 2. The second-order valence-corrected chi connectivity index (χ2v) is 9.52. The monoisotopic (exact) mass is 454 g/mol. The Morgan fingerprint density at radius 3 is 2.34 bits per heavy atom. The van der Waals surface area contributed by atoms with Gasteiger partial charge in [-0.2, -0.15) is 4.31 Å². The lowest BCUT2D eigenvalue weighted by Crippen LogP contribution is -2.50. The Morgan fingerprint density at radius 1 is 0.906 bits per heavy atom. The van der Waals surface area contributed by atoms with Crippen molar-refractivity contribution in [2.24, 2.45) is 0 Å². The largest absolute Gasteiger partial charge is 0.497 e. The number of fused-ring (bicyclic) bond motifs is 1. The molecule has 0 unspecified atom stereocenters. The number of rotatable bonds is 6. The van der Waals surface area contributed by atoms with Crippen LogP contribution in [-0.2, 0) is 21.2 Å². The summed E-state index contributed by atoms with van der Waals surface area (Å²) in [6.45, 7) is 1.14. The number of methoxy groups -OCH3 is 2. The van der Waals surface area contributed by atoms with Gasteiger partial charge >= 0.3 is 0 Å². The first-order valence-electron chi connectivity index (χ1n) is 10.4. The van der Waals surface area contributed by atoms with Gasteiger partial charge in [0, 0.05) is 32.2 Å². The first kappa shape index (κ1) is 22.1. The number of carbonyl (C=O) groups is 1. The summed E-state index contributed by atoms with van der Waals surface area (Å²) in [5.41, 5.74) is 0.976. The smallest absolute Gasteiger partial charge is 0.247 e. The van der Waals surface area contributed by atoms with Crippen molar-refractivity contribution in [1.82, 2.24) is 9.21 Å². The van der Waals surface area contributed by atoms with Gasteiger partial charge in [-0.05, 0) is 28.5 Å². The number of hydrogen-bond donors (Lipinski definition) is 0. The van der Waals surface area contributed by atoms with Crippen LogP contribution >= 0.6 is 0 Å². The summed E-state index contributed by atoms with van der Waals surface area (Å²) in [7, 11) is -0.864. The van der Waals surface area contributed by atoms with Crippen LogP contribution in [0.2, 0.25) is 0 Å². The summed E-state index contributed by atoms with van der Waals surface area (Å²) in [5.74, 6) is 0.700. The third-order valence-electron chi connectivity index (χ3n) is 5.80. The number of sulfonamides is 1. The number of piperazine rings is 1. The first-order valence-corrected chi connectivity index (χ1v) is 11.8. The third-order valence-corrected chi connectivity index (χ3v) is 7.72. The predicted molar refractivity (Wildman–Crippen MR) is 123 cm³/mol. The summed E-state index contributed by atoms with van der Waals surface area (Å²) in [5, 5.41) is 2.16. The minimum absolute atomic E-state index is 0.00244. The molecule has 168 valence electrons.